The molecule has 0 bridgehead atoms. The van der Waals surface area contributed by atoms with Gasteiger partial charge in [0.25, 0.3) is 5.91 Å². The molecule has 2 N–H and O–H groups in total. The monoisotopic (exact) mass is 527 g/mol. The molecule has 2 aromatic heterocycles. The summed E-state index contributed by atoms with van der Waals surface area (Å²) in [6.07, 6.45) is 2.44. The molecule has 2 heterocycles. The van der Waals surface area contributed by atoms with Crippen molar-refractivity contribution in [1.29, 1.82) is 0 Å². The number of carbonyl (C=O) groups excluding carboxylic acids is 1. The molecule has 3 aromatic carbocycles. The van der Waals surface area contributed by atoms with Crippen molar-refractivity contribution in [3.8, 4) is 22.8 Å². The van der Waals surface area contributed by atoms with Crippen LogP contribution in [0.1, 0.15) is 34.2 Å². The molecule has 0 saturated heterocycles. The quantitative estimate of drug-likeness (QED) is 0.245. The van der Waals surface area contributed by atoms with E-state index in [1.165, 1.54) is 15.8 Å². The number of nitrogens with zero attached hydrogens (tertiary/aromatic N) is 3. The Hall–Kier alpha value is -4.36. The Balaban J connectivity index is 0.000000253. The fourth-order valence-electron chi connectivity index (χ4n) is 3.74. The van der Waals surface area contributed by atoms with Crippen molar-refractivity contribution in [3.63, 3.8) is 0 Å². The minimum atomic E-state index is -0.241. The number of benzene rings is 3. The maximum atomic E-state index is 12.4. The number of aromatic nitrogens is 4. The lowest BCUT2D eigenvalue weighted by Crippen LogP contribution is -2.25. The second-order valence-electron chi connectivity index (χ2n) is 8.66. The summed E-state index contributed by atoms with van der Waals surface area (Å²) >= 11 is 6.25. The number of nitrogens with one attached hydrogen (secondary N) is 2. The molecule has 0 aliphatic heterocycles. The SMILES string of the molecule is CCc1nn(C)c(C(=O)NCc2ccc(Oc3ccc(C)cc3)cc2)c1Cl.c1ccc(-c2ccn[nH]2)cc1. The first-order valence-electron chi connectivity index (χ1n) is 12.3. The molecule has 5 rings (SSSR count). The van der Waals surface area contributed by atoms with Crippen LogP contribution in [-0.4, -0.2) is 25.9 Å². The molecule has 0 spiro atoms. The van der Waals surface area contributed by atoms with Gasteiger partial charge in [-0.15, -0.1) is 0 Å². The summed E-state index contributed by atoms with van der Waals surface area (Å²) in [7, 11) is 1.72. The Morgan fingerprint density at radius 2 is 1.63 bits per heavy atom. The zero-order valence-electron chi connectivity index (χ0n) is 21.6. The largest absolute Gasteiger partial charge is 0.457 e. The Kier molecular flexibility index (Phi) is 8.95. The van der Waals surface area contributed by atoms with Crippen LogP contribution >= 0.6 is 11.6 Å². The Morgan fingerprint density at radius 3 is 2.21 bits per heavy atom. The van der Waals surface area contributed by atoms with E-state index >= 15 is 0 Å². The maximum absolute atomic E-state index is 12.4. The van der Waals surface area contributed by atoms with Gasteiger partial charge in [0.15, 0.2) is 0 Å². The van der Waals surface area contributed by atoms with Crippen LogP contribution in [0, 0.1) is 6.92 Å². The molecule has 38 heavy (non-hydrogen) atoms. The third kappa shape index (κ3) is 6.89. The highest BCUT2D eigenvalue weighted by atomic mass is 35.5. The summed E-state index contributed by atoms with van der Waals surface area (Å²) in [5.74, 6) is 1.30. The number of hydrogen-bond acceptors (Lipinski definition) is 4. The van der Waals surface area contributed by atoms with Crippen molar-refractivity contribution < 1.29 is 9.53 Å². The lowest BCUT2D eigenvalue weighted by molar-refractivity contribution is 0.0941. The average molecular weight is 528 g/mol. The summed E-state index contributed by atoms with van der Waals surface area (Å²) in [6, 6.07) is 27.6. The Bertz CT molecular complexity index is 1450. The fourth-order valence-corrected chi connectivity index (χ4v) is 4.12. The second-order valence-corrected chi connectivity index (χ2v) is 9.04. The summed E-state index contributed by atoms with van der Waals surface area (Å²) in [5.41, 5.74) is 5.49. The van der Waals surface area contributed by atoms with E-state index in [9.17, 15) is 4.79 Å². The second kappa shape index (κ2) is 12.7. The van der Waals surface area contributed by atoms with Crippen LogP contribution in [0.15, 0.2) is 91.1 Å². The van der Waals surface area contributed by atoms with Gasteiger partial charge in [0.1, 0.15) is 17.2 Å². The summed E-state index contributed by atoms with van der Waals surface area (Å²) in [5, 5.41) is 14.3. The van der Waals surface area contributed by atoms with Crippen LogP contribution < -0.4 is 10.1 Å². The smallest absolute Gasteiger partial charge is 0.271 e. The zero-order chi connectivity index (χ0) is 26.9. The first-order valence-corrected chi connectivity index (χ1v) is 12.7. The highest BCUT2D eigenvalue weighted by molar-refractivity contribution is 6.34. The van der Waals surface area contributed by atoms with Gasteiger partial charge in [0, 0.05) is 19.8 Å². The normalized spacial score (nSPS) is 10.4. The van der Waals surface area contributed by atoms with Gasteiger partial charge in [-0.3, -0.25) is 14.6 Å². The molecule has 8 heteroatoms. The molecule has 0 unspecified atom stereocenters. The van der Waals surface area contributed by atoms with E-state index in [0.717, 1.165) is 28.5 Å². The summed E-state index contributed by atoms with van der Waals surface area (Å²) < 4.78 is 7.34. The van der Waals surface area contributed by atoms with Gasteiger partial charge in [0.2, 0.25) is 0 Å². The highest BCUT2D eigenvalue weighted by Crippen LogP contribution is 2.23. The lowest BCUT2D eigenvalue weighted by atomic mass is 10.2. The van der Waals surface area contributed by atoms with Crippen molar-refractivity contribution in [2.24, 2.45) is 7.05 Å². The third-order valence-electron chi connectivity index (χ3n) is 5.82. The molecular weight excluding hydrogens is 498 g/mol. The van der Waals surface area contributed by atoms with E-state index in [1.54, 1.807) is 13.2 Å². The summed E-state index contributed by atoms with van der Waals surface area (Å²) in [6.45, 7) is 4.39. The number of hydrogen-bond donors (Lipinski definition) is 2. The molecule has 5 aromatic rings. The first-order chi connectivity index (χ1) is 18.4. The minimum absolute atomic E-state index is 0.241. The topological polar surface area (TPSA) is 84.8 Å². The molecule has 0 aliphatic rings. The van der Waals surface area contributed by atoms with Gasteiger partial charge in [-0.25, -0.2) is 0 Å². The van der Waals surface area contributed by atoms with Crippen LogP contribution in [0.25, 0.3) is 11.3 Å². The predicted molar refractivity (Wildman–Crippen MR) is 150 cm³/mol. The molecule has 0 atom stereocenters. The van der Waals surface area contributed by atoms with Crippen LogP contribution in [-0.2, 0) is 20.0 Å². The molecule has 0 fully saturated rings. The van der Waals surface area contributed by atoms with Crippen molar-refractivity contribution in [3.05, 3.63) is 119 Å². The Labute approximate surface area is 227 Å². The van der Waals surface area contributed by atoms with E-state index in [4.69, 9.17) is 16.3 Å². The van der Waals surface area contributed by atoms with Gasteiger partial charge < -0.3 is 10.1 Å². The molecule has 1 amide bonds. The molecule has 0 aliphatic carbocycles. The van der Waals surface area contributed by atoms with Crippen LogP contribution in [0.4, 0.5) is 0 Å². The molecular formula is C30H30ClN5O2. The number of amides is 1. The van der Waals surface area contributed by atoms with Crippen LogP contribution in [0.5, 0.6) is 11.5 Å². The standard InChI is InChI=1S/C21H22ClN3O2.C9H8N2/c1-4-18-19(22)20(25(3)24-18)21(26)23-13-15-7-11-17(12-8-15)27-16-9-5-14(2)6-10-16;1-2-4-8(5-3-1)9-6-7-10-11-9/h5-12H,4,13H2,1-3H3,(H,23,26);1-7H,(H,10,11). The number of rotatable bonds is 7. The van der Waals surface area contributed by atoms with E-state index in [1.807, 2.05) is 98.8 Å². The Morgan fingerprint density at radius 1 is 0.974 bits per heavy atom. The van der Waals surface area contributed by atoms with E-state index < -0.39 is 0 Å². The third-order valence-corrected chi connectivity index (χ3v) is 6.22. The number of carbonyl (C=O) groups is 1. The molecule has 0 saturated carbocycles. The number of ether oxygens (including phenoxy) is 1. The van der Waals surface area contributed by atoms with Crippen molar-refractivity contribution >= 4 is 17.5 Å². The maximum Gasteiger partial charge on any atom is 0.271 e. The summed E-state index contributed by atoms with van der Waals surface area (Å²) in [4.78, 5) is 12.4. The fraction of sp³-hybridized carbons (Fsp3) is 0.167. The van der Waals surface area contributed by atoms with Crippen molar-refractivity contribution in [2.45, 2.75) is 26.8 Å². The van der Waals surface area contributed by atoms with Crippen molar-refractivity contribution in [2.75, 3.05) is 0 Å². The predicted octanol–water partition coefficient (Wildman–Crippen LogP) is 6.74. The minimum Gasteiger partial charge on any atom is -0.457 e. The number of halogens is 1. The number of aryl methyl sites for hydroxylation is 3. The van der Waals surface area contributed by atoms with E-state index in [0.29, 0.717) is 23.7 Å². The average Bonchev–Trinajstić information content (AvgIpc) is 3.58. The molecule has 0 radical (unpaired) electrons. The molecule has 194 valence electrons. The first kappa shape index (κ1) is 26.7. The van der Waals surface area contributed by atoms with E-state index in [2.05, 4.69) is 20.6 Å². The van der Waals surface area contributed by atoms with Gasteiger partial charge in [-0.1, -0.05) is 78.7 Å². The van der Waals surface area contributed by atoms with Gasteiger partial charge >= 0.3 is 0 Å². The van der Waals surface area contributed by atoms with Gasteiger partial charge in [-0.2, -0.15) is 10.2 Å². The van der Waals surface area contributed by atoms with Gasteiger partial charge in [-0.05, 0) is 54.8 Å². The highest BCUT2D eigenvalue weighted by Gasteiger charge is 2.19. The number of aromatic amines is 1. The number of H-pyrrole nitrogens is 1. The van der Waals surface area contributed by atoms with Crippen LogP contribution in [0.3, 0.4) is 0 Å². The zero-order valence-corrected chi connectivity index (χ0v) is 22.4. The van der Waals surface area contributed by atoms with Crippen molar-refractivity contribution in [1.82, 2.24) is 25.3 Å². The lowest BCUT2D eigenvalue weighted by Gasteiger charge is -2.09. The molecule has 7 nitrogen and oxygen atoms in total. The van der Waals surface area contributed by atoms with E-state index in [-0.39, 0.29) is 5.91 Å². The van der Waals surface area contributed by atoms with Gasteiger partial charge in [0.05, 0.1) is 16.4 Å². The van der Waals surface area contributed by atoms with Crippen LogP contribution in [0.2, 0.25) is 5.02 Å².